The third-order valence-electron chi connectivity index (χ3n) is 6.51. The molecule has 2 atom stereocenters. The summed E-state index contributed by atoms with van der Waals surface area (Å²) in [5, 5.41) is 10.7. The molecule has 1 aliphatic heterocycles. The van der Waals surface area contributed by atoms with Crippen LogP contribution in [0.25, 0.3) is 0 Å². The minimum Gasteiger partial charge on any atom is -0.493 e. The fraction of sp³-hybridized carbons (Fsp3) is 0.393. The Hall–Kier alpha value is -3.81. The van der Waals surface area contributed by atoms with Crippen molar-refractivity contribution in [3.8, 4) is 11.5 Å². The van der Waals surface area contributed by atoms with E-state index in [1.807, 2.05) is 50.2 Å². The number of unbranched alkanes of at least 4 members (excludes halogenated alkanes) is 3. The second-order valence-corrected chi connectivity index (χ2v) is 9.23. The van der Waals surface area contributed by atoms with Gasteiger partial charge in [-0.25, -0.2) is 4.68 Å². The highest BCUT2D eigenvalue weighted by molar-refractivity contribution is 5.96. The van der Waals surface area contributed by atoms with Gasteiger partial charge in [0.2, 0.25) is 11.9 Å². The summed E-state index contributed by atoms with van der Waals surface area (Å²) in [4.78, 5) is 18.0. The van der Waals surface area contributed by atoms with Gasteiger partial charge in [0.25, 0.3) is 0 Å². The van der Waals surface area contributed by atoms with Crippen LogP contribution in [0.4, 0.5) is 11.6 Å². The van der Waals surface area contributed by atoms with E-state index in [0.29, 0.717) is 29.8 Å². The number of hydrogen-bond acceptors (Lipinski definition) is 6. The highest BCUT2D eigenvalue weighted by Gasteiger charge is 2.40. The van der Waals surface area contributed by atoms with Crippen LogP contribution in [0.2, 0.25) is 0 Å². The van der Waals surface area contributed by atoms with Gasteiger partial charge >= 0.3 is 0 Å². The van der Waals surface area contributed by atoms with Gasteiger partial charge < -0.3 is 20.1 Å². The molecule has 1 aromatic heterocycles. The number of carbonyl (C=O) groups is 1. The van der Waals surface area contributed by atoms with E-state index in [2.05, 4.69) is 34.2 Å². The predicted octanol–water partition coefficient (Wildman–Crippen LogP) is 5.65. The summed E-state index contributed by atoms with van der Waals surface area (Å²) in [5.74, 6) is 1.02. The van der Waals surface area contributed by atoms with E-state index in [1.54, 1.807) is 11.8 Å². The van der Waals surface area contributed by atoms with E-state index < -0.39 is 12.0 Å². The molecule has 0 saturated carbocycles. The van der Waals surface area contributed by atoms with Crippen molar-refractivity contribution in [3.63, 3.8) is 0 Å². The number of carbonyl (C=O) groups excluding carboxylic acids is 1. The lowest BCUT2D eigenvalue weighted by atomic mass is 9.88. The number of amides is 1. The number of aryl methyl sites for hydroxylation is 2. The highest BCUT2D eigenvalue weighted by atomic mass is 16.5. The summed E-state index contributed by atoms with van der Waals surface area (Å²) in [6.07, 6.45) is 5.99. The van der Waals surface area contributed by atoms with E-state index in [9.17, 15) is 4.79 Å². The summed E-state index contributed by atoms with van der Waals surface area (Å²) in [6.45, 7) is 11.0. The standard InChI is InChI=1S/C28H35N5O3/c1-6-7-8-9-14-36-23-13-11-21(16-24(23)35-5)26-25(20(4)31-28-29-17-30-33(26)28)27(34)32-22-12-10-18(2)15-19(22)3/h10-13,15-17,25-26H,4,6-9,14H2,1-3,5H3,(H,32,34)(H,29,30,31). The molecule has 3 aromatic rings. The van der Waals surface area contributed by atoms with Crippen LogP contribution in [0, 0.1) is 19.8 Å². The monoisotopic (exact) mass is 489 g/mol. The molecule has 190 valence electrons. The van der Waals surface area contributed by atoms with E-state index >= 15 is 0 Å². The molecule has 1 aliphatic rings. The van der Waals surface area contributed by atoms with Gasteiger partial charge in [-0.05, 0) is 49.6 Å². The lowest BCUT2D eigenvalue weighted by Crippen LogP contribution is -2.39. The third kappa shape index (κ3) is 5.37. The quantitative estimate of drug-likeness (QED) is 0.358. The van der Waals surface area contributed by atoms with Crippen molar-refractivity contribution >= 4 is 17.5 Å². The molecule has 8 nitrogen and oxygen atoms in total. The van der Waals surface area contributed by atoms with Gasteiger partial charge in [-0.2, -0.15) is 10.1 Å². The second kappa shape index (κ2) is 11.3. The molecule has 0 fully saturated rings. The topological polar surface area (TPSA) is 90.3 Å². The van der Waals surface area contributed by atoms with Crippen LogP contribution in [-0.4, -0.2) is 34.4 Å². The van der Waals surface area contributed by atoms with Crippen molar-refractivity contribution in [2.75, 3.05) is 24.4 Å². The summed E-state index contributed by atoms with van der Waals surface area (Å²) in [7, 11) is 1.62. The Kier molecular flexibility index (Phi) is 7.93. The summed E-state index contributed by atoms with van der Waals surface area (Å²) in [6, 6.07) is 11.2. The van der Waals surface area contributed by atoms with Crippen LogP contribution in [0.15, 0.2) is 55.0 Å². The molecule has 2 heterocycles. The first kappa shape index (κ1) is 25.3. The van der Waals surface area contributed by atoms with Gasteiger partial charge in [-0.1, -0.05) is 56.5 Å². The first-order valence-corrected chi connectivity index (χ1v) is 12.5. The van der Waals surface area contributed by atoms with Gasteiger partial charge in [0.1, 0.15) is 12.2 Å². The second-order valence-electron chi connectivity index (χ2n) is 9.23. The number of methoxy groups -OCH3 is 1. The van der Waals surface area contributed by atoms with Crippen LogP contribution in [0.1, 0.15) is 55.3 Å². The van der Waals surface area contributed by atoms with Crippen LogP contribution < -0.4 is 20.1 Å². The normalized spacial score (nSPS) is 16.7. The van der Waals surface area contributed by atoms with E-state index in [0.717, 1.165) is 35.2 Å². The first-order valence-electron chi connectivity index (χ1n) is 12.5. The maximum absolute atomic E-state index is 13.7. The van der Waals surface area contributed by atoms with Crippen molar-refractivity contribution in [3.05, 3.63) is 71.7 Å². The van der Waals surface area contributed by atoms with Crippen molar-refractivity contribution in [1.29, 1.82) is 0 Å². The van der Waals surface area contributed by atoms with Crippen molar-refractivity contribution in [2.24, 2.45) is 5.92 Å². The van der Waals surface area contributed by atoms with Gasteiger partial charge in [-0.3, -0.25) is 4.79 Å². The van der Waals surface area contributed by atoms with Crippen LogP contribution in [0.3, 0.4) is 0 Å². The SMILES string of the molecule is C=C1Nc2ncnn2C(c2ccc(OCCCCCC)c(OC)c2)C1C(=O)Nc1ccc(C)cc1C. The molecule has 2 aromatic carbocycles. The lowest BCUT2D eigenvalue weighted by Gasteiger charge is -2.34. The molecule has 0 radical (unpaired) electrons. The van der Waals surface area contributed by atoms with E-state index in [4.69, 9.17) is 9.47 Å². The Morgan fingerprint density at radius 2 is 1.97 bits per heavy atom. The summed E-state index contributed by atoms with van der Waals surface area (Å²) < 4.78 is 13.4. The third-order valence-corrected chi connectivity index (χ3v) is 6.51. The molecule has 0 saturated heterocycles. The summed E-state index contributed by atoms with van der Waals surface area (Å²) in [5.41, 5.74) is 4.31. The zero-order valence-corrected chi connectivity index (χ0v) is 21.5. The molecule has 2 unspecified atom stereocenters. The molecule has 4 rings (SSSR count). The smallest absolute Gasteiger partial charge is 0.235 e. The van der Waals surface area contributed by atoms with E-state index in [1.165, 1.54) is 19.2 Å². The van der Waals surface area contributed by atoms with Gasteiger partial charge in [0.05, 0.1) is 19.8 Å². The first-order chi connectivity index (χ1) is 17.4. The Bertz CT molecular complexity index is 1240. The van der Waals surface area contributed by atoms with Crippen LogP contribution in [0.5, 0.6) is 11.5 Å². The number of rotatable bonds is 10. The zero-order chi connectivity index (χ0) is 25.7. The number of benzene rings is 2. The predicted molar refractivity (Wildman–Crippen MR) is 142 cm³/mol. The Balaban J connectivity index is 1.63. The number of aromatic nitrogens is 3. The van der Waals surface area contributed by atoms with Crippen LogP contribution >= 0.6 is 0 Å². The lowest BCUT2D eigenvalue weighted by molar-refractivity contribution is -0.119. The van der Waals surface area contributed by atoms with Gasteiger partial charge in [-0.15, -0.1) is 0 Å². The highest BCUT2D eigenvalue weighted by Crippen LogP contribution is 2.40. The number of nitrogens with one attached hydrogen (secondary N) is 2. The number of hydrogen-bond donors (Lipinski definition) is 2. The van der Waals surface area contributed by atoms with E-state index in [-0.39, 0.29) is 5.91 Å². The number of fused-ring (bicyclic) bond motifs is 1. The average molecular weight is 490 g/mol. The minimum absolute atomic E-state index is 0.180. The zero-order valence-electron chi connectivity index (χ0n) is 21.5. The fourth-order valence-electron chi connectivity index (χ4n) is 4.59. The van der Waals surface area contributed by atoms with Crippen molar-refractivity contribution in [2.45, 2.75) is 52.5 Å². The Morgan fingerprint density at radius 1 is 1.14 bits per heavy atom. The number of nitrogens with zero attached hydrogens (tertiary/aromatic N) is 3. The molecule has 0 bridgehead atoms. The number of ether oxygens (including phenoxy) is 2. The van der Waals surface area contributed by atoms with Gasteiger partial charge in [0.15, 0.2) is 11.5 Å². The molecule has 0 aliphatic carbocycles. The van der Waals surface area contributed by atoms with Crippen molar-refractivity contribution < 1.29 is 14.3 Å². The molecule has 1 amide bonds. The Labute approximate surface area is 212 Å². The minimum atomic E-state index is -0.634. The fourth-order valence-corrected chi connectivity index (χ4v) is 4.59. The molecule has 8 heteroatoms. The molecule has 2 N–H and O–H groups in total. The van der Waals surface area contributed by atoms with Crippen LogP contribution in [-0.2, 0) is 4.79 Å². The molecule has 0 spiro atoms. The summed E-state index contributed by atoms with van der Waals surface area (Å²) >= 11 is 0. The average Bonchev–Trinajstić information content (AvgIpc) is 3.32. The maximum atomic E-state index is 13.7. The molecular weight excluding hydrogens is 454 g/mol. The largest absolute Gasteiger partial charge is 0.493 e. The number of anilines is 2. The maximum Gasteiger partial charge on any atom is 0.235 e. The van der Waals surface area contributed by atoms with Crippen molar-refractivity contribution in [1.82, 2.24) is 14.8 Å². The molecular formula is C28H35N5O3. The Morgan fingerprint density at radius 3 is 2.72 bits per heavy atom. The van der Waals surface area contributed by atoms with Gasteiger partial charge in [0, 0.05) is 11.4 Å². The molecule has 36 heavy (non-hydrogen) atoms.